The SMILES string of the molecule is FC(F)(F)c1ncn2cc(Br)ccc12. The number of nitrogens with zero attached hydrogens (tertiary/aromatic N) is 2. The summed E-state index contributed by atoms with van der Waals surface area (Å²) in [4.78, 5) is 3.32. The van der Waals surface area contributed by atoms with Crippen LogP contribution in [-0.4, -0.2) is 9.38 Å². The third-order valence-corrected chi connectivity index (χ3v) is 2.23. The van der Waals surface area contributed by atoms with Crippen molar-refractivity contribution < 1.29 is 13.2 Å². The van der Waals surface area contributed by atoms with Gasteiger partial charge in [0.2, 0.25) is 0 Å². The number of hydrogen-bond donors (Lipinski definition) is 0. The summed E-state index contributed by atoms with van der Waals surface area (Å²) in [6.07, 6.45) is -1.73. The second kappa shape index (κ2) is 2.98. The van der Waals surface area contributed by atoms with Crippen molar-refractivity contribution in [1.29, 1.82) is 0 Å². The number of hydrogen-bond acceptors (Lipinski definition) is 1. The van der Waals surface area contributed by atoms with Crippen LogP contribution in [0.5, 0.6) is 0 Å². The van der Waals surface area contributed by atoms with Crippen LogP contribution in [0, 0.1) is 0 Å². The van der Waals surface area contributed by atoms with Crippen LogP contribution in [0.15, 0.2) is 29.1 Å². The molecule has 0 unspecified atom stereocenters. The van der Waals surface area contributed by atoms with Crippen molar-refractivity contribution in [3.05, 3.63) is 34.8 Å². The van der Waals surface area contributed by atoms with E-state index >= 15 is 0 Å². The Morgan fingerprint density at radius 3 is 2.64 bits per heavy atom. The molecule has 2 heterocycles. The molecule has 0 bridgehead atoms. The Morgan fingerprint density at radius 2 is 2.00 bits per heavy atom. The van der Waals surface area contributed by atoms with Crippen molar-refractivity contribution in [1.82, 2.24) is 9.38 Å². The summed E-state index contributed by atoms with van der Waals surface area (Å²) in [7, 11) is 0. The smallest absolute Gasteiger partial charge is 0.305 e. The van der Waals surface area contributed by atoms with Crippen LogP contribution in [-0.2, 0) is 6.18 Å². The molecule has 14 heavy (non-hydrogen) atoms. The first kappa shape index (κ1) is 9.51. The van der Waals surface area contributed by atoms with Crippen molar-refractivity contribution in [3.63, 3.8) is 0 Å². The molecule has 0 aliphatic rings. The summed E-state index contributed by atoms with van der Waals surface area (Å²) in [6.45, 7) is 0. The maximum absolute atomic E-state index is 12.4. The Balaban J connectivity index is 2.70. The summed E-state index contributed by atoms with van der Waals surface area (Å²) >= 11 is 3.16. The van der Waals surface area contributed by atoms with Crippen molar-refractivity contribution in [2.45, 2.75) is 6.18 Å². The minimum Gasteiger partial charge on any atom is -0.305 e. The molecule has 0 spiro atoms. The Morgan fingerprint density at radius 1 is 1.29 bits per heavy atom. The van der Waals surface area contributed by atoms with Crippen molar-refractivity contribution in [2.75, 3.05) is 0 Å². The van der Waals surface area contributed by atoms with E-state index in [-0.39, 0.29) is 5.52 Å². The second-order valence-corrected chi connectivity index (χ2v) is 3.65. The zero-order valence-electron chi connectivity index (χ0n) is 6.72. The van der Waals surface area contributed by atoms with E-state index in [1.165, 1.54) is 16.7 Å². The largest absolute Gasteiger partial charge is 0.435 e. The maximum Gasteiger partial charge on any atom is 0.435 e. The standard InChI is InChI=1S/C8H4BrF3N2/c9-5-1-2-6-7(8(10,11)12)13-4-14(6)3-5/h1-4H. The molecule has 74 valence electrons. The molecule has 0 aromatic carbocycles. The van der Waals surface area contributed by atoms with E-state index in [1.54, 1.807) is 6.07 Å². The highest BCUT2D eigenvalue weighted by atomic mass is 79.9. The maximum atomic E-state index is 12.4. The zero-order chi connectivity index (χ0) is 10.3. The van der Waals surface area contributed by atoms with E-state index in [2.05, 4.69) is 20.9 Å². The van der Waals surface area contributed by atoms with E-state index in [4.69, 9.17) is 0 Å². The van der Waals surface area contributed by atoms with E-state index in [9.17, 15) is 13.2 Å². The Bertz CT molecular complexity index is 475. The summed E-state index contributed by atoms with van der Waals surface area (Å²) in [5.74, 6) is 0. The van der Waals surface area contributed by atoms with Gasteiger partial charge in [-0.1, -0.05) is 0 Å². The normalized spacial score (nSPS) is 12.3. The van der Waals surface area contributed by atoms with E-state index in [1.807, 2.05) is 0 Å². The first-order valence-electron chi connectivity index (χ1n) is 3.68. The highest BCUT2D eigenvalue weighted by Gasteiger charge is 2.35. The molecule has 2 rings (SSSR count). The van der Waals surface area contributed by atoms with Gasteiger partial charge in [0.15, 0.2) is 5.69 Å². The number of imidazole rings is 1. The van der Waals surface area contributed by atoms with Crippen LogP contribution in [0.1, 0.15) is 5.69 Å². The minimum absolute atomic E-state index is 0.0562. The molecule has 0 N–H and O–H groups in total. The van der Waals surface area contributed by atoms with Crippen LogP contribution >= 0.6 is 15.9 Å². The van der Waals surface area contributed by atoms with Gasteiger partial charge in [-0.3, -0.25) is 0 Å². The molecule has 0 saturated heterocycles. The molecule has 0 saturated carbocycles. The van der Waals surface area contributed by atoms with Gasteiger partial charge in [-0.15, -0.1) is 0 Å². The number of halogens is 4. The third-order valence-electron chi connectivity index (χ3n) is 1.76. The van der Waals surface area contributed by atoms with Crippen LogP contribution in [0.25, 0.3) is 5.52 Å². The van der Waals surface area contributed by atoms with Crippen LogP contribution in [0.3, 0.4) is 0 Å². The average molecular weight is 265 g/mol. The molecular formula is C8H4BrF3N2. The number of fused-ring (bicyclic) bond motifs is 1. The Kier molecular flexibility index (Phi) is 2.02. The lowest BCUT2D eigenvalue weighted by atomic mass is 10.3. The Hall–Kier alpha value is -1.04. The lowest BCUT2D eigenvalue weighted by Gasteiger charge is -2.02. The molecule has 0 aliphatic heterocycles. The zero-order valence-corrected chi connectivity index (χ0v) is 8.30. The molecule has 0 aliphatic carbocycles. The number of aromatic nitrogens is 2. The molecular weight excluding hydrogens is 261 g/mol. The molecule has 2 aromatic rings. The number of rotatable bonds is 0. The van der Waals surface area contributed by atoms with Gasteiger partial charge in [-0.2, -0.15) is 13.2 Å². The van der Waals surface area contributed by atoms with E-state index in [0.717, 1.165) is 6.33 Å². The number of pyridine rings is 1. The summed E-state index contributed by atoms with van der Waals surface area (Å²) in [5.41, 5.74) is -0.800. The van der Waals surface area contributed by atoms with Gasteiger partial charge >= 0.3 is 6.18 Å². The van der Waals surface area contributed by atoms with Gasteiger partial charge in [0.1, 0.15) is 0 Å². The molecule has 0 atom stereocenters. The topological polar surface area (TPSA) is 17.3 Å². The third kappa shape index (κ3) is 1.50. The van der Waals surface area contributed by atoms with Crippen molar-refractivity contribution in [3.8, 4) is 0 Å². The molecule has 0 fully saturated rings. The van der Waals surface area contributed by atoms with Crippen molar-refractivity contribution >= 4 is 21.4 Å². The fourth-order valence-corrected chi connectivity index (χ4v) is 1.54. The van der Waals surface area contributed by atoms with Crippen LogP contribution in [0.2, 0.25) is 0 Å². The fourth-order valence-electron chi connectivity index (χ4n) is 1.19. The van der Waals surface area contributed by atoms with Crippen LogP contribution < -0.4 is 0 Å². The van der Waals surface area contributed by atoms with Gasteiger partial charge in [-0.25, -0.2) is 4.98 Å². The first-order valence-corrected chi connectivity index (χ1v) is 4.47. The second-order valence-electron chi connectivity index (χ2n) is 2.73. The average Bonchev–Trinajstić information content (AvgIpc) is 2.45. The van der Waals surface area contributed by atoms with Gasteiger partial charge in [0.05, 0.1) is 11.8 Å². The quantitative estimate of drug-likeness (QED) is 0.715. The van der Waals surface area contributed by atoms with Gasteiger partial charge in [0.25, 0.3) is 0 Å². The van der Waals surface area contributed by atoms with Gasteiger partial charge < -0.3 is 4.40 Å². The molecule has 6 heteroatoms. The molecule has 2 aromatic heterocycles. The molecule has 0 radical (unpaired) electrons. The summed E-state index contributed by atoms with van der Waals surface area (Å²) in [6, 6.07) is 2.92. The van der Waals surface area contributed by atoms with Crippen molar-refractivity contribution in [2.24, 2.45) is 0 Å². The van der Waals surface area contributed by atoms with Gasteiger partial charge in [0, 0.05) is 10.7 Å². The highest BCUT2D eigenvalue weighted by molar-refractivity contribution is 9.10. The number of alkyl halides is 3. The van der Waals surface area contributed by atoms with Gasteiger partial charge in [-0.05, 0) is 28.1 Å². The monoisotopic (exact) mass is 264 g/mol. The first-order chi connectivity index (χ1) is 6.48. The van der Waals surface area contributed by atoms with E-state index < -0.39 is 11.9 Å². The predicted octanol–water partition coefficient (Wildman–Crippen LogP) is 3.12. The Labute approximate surface area is 85.5 Å². The summed E-state index contributed by atoms with van der Waals surface area (Å²) in [5, 5.41) is 0. The molecule has 0 amide bonds. The summed E-state index contributed by atoms with van der Waals surface area (Å²) < 4.78 is 39.1. The molecule has 2 nitrogen and oxygen atoms in total. The lowest BCUT2D eigenvalue weighted by molar-refractivity contribution is -0.139. The highest BCUT2D eigenvalue weighted by Crippen LogP contribution is 2.31. The predicted molar refractivity (Wildman–Crippen MR) is 47.9 cm³/mol. The lowest BCUT2D eigenvalue weighted by Crippen LogP contribution is -2.05. The van der Waals surface area contributed by atoms with E-state index in [0.29, 0.717) is 4.47 Å². The van der Waals surface area contributed by atoms with Crippen LogP contribution in [0.4, 0.5) is 13.2 Å². The minimum atomic E-state index is -4.40. The fraction of sp³-hybridized carbons (Fsp3) is 0.125.